The number of anilines is 2. The molecule has 1 aromatic rings. The van der Waals surface area contributed by atoms with Crippen LogP contribution in [-0.4, -0.2) is 13.0 Å². The van der Waals surface area contributed by atoms with Crippen molar-refractivity contribution < 1.29 is 9.53 Å². The van der Waals surface area contributed by atoms with Gasteiger partial charge in [0.1, 0.15) is 5.75 Å². The van der Waals surface area contributed by atoms with Gasteiger partial charge in [-0.1, -0.05) is 12.8 Å². The molecular weight excluding hydrogens is 240 g/mol. The van der Waals surface area contributed by atoms with E-state index in [4.69, 9.17) is 10.5 Å². The number of benzene rings is 1. The fourth-order valence-corrected chi connectivity index (χ4v) is 2.70. The summed E-state index contributed by atoms with van der Waals surface area (Å²) in [7, 11) is 1.59. The number of ether oxygens (including phenoxy) is 1. The Morgan fingerprint density at radius 2 is 2.11 bits per heavy atom. The molecule has 4 nitrogen and oxygen atoms in total. The topological polar surface area (TPSA) is 64.3 Å². The molecule has 0 aliphatic heterocycles. The molecule has 0 bridgehead atoms. The highest BCUT2D eigenvalue weighted by atomic mass is 16.5. The van der Waals surface area contributed by atoms with Crippen LogP contribution in [0.25, 0.3) is 0 Å². The molecule has 1 saturated carbocycles. The summed E-state index contributed by atoms with van der Waals surface area (Å²) in [5.41, 5.74) is 8.10. The number of nitrogens with one attached hydrogen (secondary N) is 1. The molecule has 1 aliphatic carbocycles. The summed E-state index contributed by atoms with van der Waals surface area (Å²) < 4.78 is 5.28. The third kappa shape index (κ3) is 3.19. The lowest BCUT2D eigenvalue weighted by Gasteiger charge is -2.16. The summed E-state index contributed by atoms with van der Waals surface area (Å²) in [6.45, 7) is 1.89. The van der Waals surface area contributed by atoms with Crippen molar-refractivity contribution in [1.29, 1.82) is 0 Å². The lowest BCUT2D eigenvalue weighted by molar-refractivity contribution is -0.117. The van der Waals surface area contributed by atoms with Crippen molar-refractivity contribution in [2.45, 2.75) is 39.0 Å². The largest absolute Gasteiger partial charge is 0.495 e. The SMILES string of the molecule is COc1ccc(N)c(C)c1NC(=O)CC1CCCC1. The molecule has 1 amide bonds. The maximum absolute atomic E-state index is 12.1. The highest BCUT2D eigenvalue weighted by Crippen LogP contribution is 2.33. The van der Waals surface area contributed by atoms with E-state index >= 15 is 0 Å². The Balaban J connectivity index is 2.08. The minimum Gasteiger partial charge on any atom is -0.495 e. The van der Waals surface area contributed by atoms with E-state index in [2.05, 4.69) is 5.32 Å². The van der Waals surface area contributed by atoms with Crippen LogP contribution in [0, 0.1) is 12.8 Å². The number of carbonyl (C=O) groups excluding carboxylic acids is 1. The maximum atomic E-state index is 12.1. The standard InChI is InChI=1S/C15H22N2O2/c1-10-12(16)7-8-13(19-2)15(10)17-14(18)9-11-5-3-4-6-11/h7-8,11H,3-6,9,16H2,1-2H3,(H,17,18). The van der Waals surface area contributed by atoms with Crippen molar-refractivity contribution >= 4 is 17.3 Å². The molecule has 2 rings (SSSR count). The predicted octanol–water partition coefficient (Wildman–Crippen LogP) is 3.10. The first kappa shape index (κ1) is 13.7. The van der Waals surface area contributed by atoms with E-state index < -0.39 is 0 Å². The first-order chi connectivity index (χ1) is 9.11. The number of hydrogen-bond acceptors (Lipinski definition) is 3. The van der Waals surface area contributed by atoms with Gasteiger partial charge in [-0.25, -0.2) is 0 Å². The van der Waals surface area contributed by atoms with Crippen LogP contribution in [-0.2, 0) is 4.79 Å². The number of amides is 1. The van der Waals surface area contributed by atoms with Crippen LogP contribution in [0.3, 0.4) is 0 Å². The number of nitrogens with two attached hydrogens (primary N) is 1. The van der Waals surface area contributed by atoms with Gasteiger partial charge in [0.2, 0.25) is 5.91 Å². The lowest BCUT2D eigenvalue weighted by Crippen LogP contribution is -2.16. The zero-order chi connectivity index (χ0) is 13.8. The smallest absolute Gasteiger partial charge is 0.224 e. The van der Waals surface area contributed by atoms with Crippen LogP contribution in [0.2, 0.25) is 0 Å². The number of nitrogen functional groups attached to an aromatic ring is 1. The van der Waals surface area contributed by atoms with Crippen molar-refractivity contribution in [3.63, 3.8) is 0 Å². The Labute approximate surface area is 114 Å². The molecule has 1 aliphatic rings. The number of rotatable bonds is 4. The lowest BCUT2D eigenvalue weighted by atomic mass is 10.0. The Morgan fingerprint density at radius 1 is 1.42 bits per heavy atom. The molecular formula is C15H22N2O2. The molecule has 0 heterocycles. The molecule has 0 unspecified atom stereocenters. The molecule has 0 spiro atoms. The van der Waals surface area contributed by atoms with Crippen LogP contribution in [0.15, 0.2) is 12.1 Å². The summed E-state index contributed by atoms with van der Waals surface area (Å²) in [5.74, 6) is 1.25. The Kier molecular flexibility index (Phi) is 4.30. The van der Waals surface area contributed by atoms with E-state index in [9.17, 15) is 4.79 Å². The van der Waals surface area contributed by atoms with Gasteiger partial charge in [0.25, 0.3) is 0 Å². The average molecular weight is 262 g/mol. The quantitative estimate of drug-likeness (QED) is 0.819. The molecule has 0 saturated heterocycles. The van der Waals surface area contributed by atoms with Gasteiger partial charge in [0, 0.05) is 12.1 Å². The van der Waals surface area contributed by atoms with Gasteiger partial charge in [0.15, 0.2) is 0 Å². The zero-order valence-electron chi connectivity index (χ0n) is 11.7. The first-order valence-electron chi connectivity index (χ1n) is 6.84. The highest BCUT2D eigenvalue weighted by molar-refractivity contribution is 5.94. The fourth-order valence-electron chi connectivity index (χ4n) is 2.70. The fraction of sp³-hybridized carbons (Fsp3) is 0.533. The summed E-state index contributed by atoms with van der Waals surface area (Å²) in [6, 6.07) is 3.58. The molecule has 0 aromatic heterocycles. The maximum Gasteiger partial charge on any atom is 0.224 e. The van der Waals surface area contributed by atoms with Gasteiger partial charge in [0.05, 0.1) is 12.8 Å². The van der Waals surface area contributed by atoms with Crippen LogP contribution in [0.4, 0.5) is 11.4 Å². The molecule has 4 heteroatoms. The summed E-state index contributed by atoms with van der Waals surface area (Å²) in [4.78, 5) is 12.1. The van der Waals surface area contributed by atoms with Crippen LogP contribution in [0.1, 0.15) is 37.7 Å². The van der Waals surface area contributed by atoms with E-state index in [1.165, 1.54) is 25.7 Å². The van der Waals surface area contributed by atoms with Crippen LogP contribution >= 0.6 is 0 Å². The second-order valence-electron chi connectivity index (χ2n) is 5.26. The Hall–Kier alpha value is -1.71. The third-order valence-corrected chi connectivity index (χ3v) is 3.90. The molecule has 0 atom stereocenters. The van der Waals surface area contributed by atoms with E-state index in [1.807, 2.05) is 6.92 Å². The van der Waals surface area contributed by atoms with Gasteiger partial charge < -0.3 is 15.8 Å². The molecule has 104 valence electrons. The molecule has 3 N–H and O–H groups in total. The van der Waals surface area contributed by atoms with Crippen LogP contribution in [0.5, 0.6) is 5.75 Å². The third-order valence-electron chi connectivity index (χ3n) is 3.90. The van der Waals surface area contributed by atoms with Crippen molar-refractivity contribution in [1.82, 2.24) is 0 Å². The van der Waals surface area contributed by atoms with Crippen LogP contribution < -0.4 is 15.8 Å². The number of carbonyl (C=O) groups is 1. The van der Waals surface area contributed by atoms with Crippen molar-refractivity contribution in [2.24, 2.45) is 5.92 Å². The normalized spacial score (nSPS) is 15.5. The molecule has 0 radical (unpaired) electrons. The van der Waals surface area contributed by atoms with Crippen molar-refractivity contribution in [3.8, 4) is 5.75 Å². The van der Waals surface area contributed by atoms with E-state index in [1.54, 1.807) is 19.2 Å². The molecule has 1 aromatic carbocycles. The van der Waals surface area contributed by atoms with Gasteiger partial charge in [-0.05, 0) is 43.4 Å². The average Bonchev–Trinajstić information content (AvgIpc) is 2.88. The minimum absolute atomic E-state index is 0.0545. The van der Waals surface area contributed by atoms with E-state index in [0.29, 0.717) is 29.5 Å². The van der Waals surface area contributed by atoms with Gasteiger partial charge >= 0.3 is 0 Å². The number of methoxy groups -OCH3 is 1. The second kappa shape index (κ2) is 5.95. The van der Waals surface area contributed by atoms with Gasteiger partial charge in [-0.15, -0.1) is 0 Å². The first-order valence-corrected chi connectivity index (χ1v) is 6.84. The minimum atomic E-state index is 0.0545. The predicted molar refractivity (Wildman–Crippen MR) is 77.3 cm³/mol. The van der Waals surface area contributed by atoms with Gasteiger partial charge in [-0.3, -0.25) is 4.79 Å². The molecule has 19 heavy (non-hydrogen) atoms. The number of hydrogen-bond donors (Lipinski definition) is 2. The summed E-state index contributed by atoms with van der Waals surface area (Å²) >= 11 is 0. The van der Waals surface area contributed by atoms with E-state index in [-0.39, 0.29) is 5.91 Å². The van der Waals surface area contributed by atoms with Gasteiger partial charge in [-0.2, -0.15) is 0 Å². The van der Waals surface area contributed by atoms with Crippen molar-refractivity contribution in [3.05, 3.63) is 17.7 Å². The zero-order valence-corrected chi connectivity index (χ0v) is 11.7. The summed E-state index contributed by atoms with van der Waals surface area (Å²) in [6.07, 6.45) is 5.43. The highest BCUT2D eigenvalue weighted by Gasteiger charge is 2.20. The molecule has 1 fully saturated rings. The Bertz CT molecular complexity index is 465. The van der Waals surface area contributed by atoms with Crippen molar-refractivity contribution in [2.75, 3.05) is 18.2 Å². The van der Waals surface area contributed by atoms with E-state index in [0.717, 1.165) is 5.56 Å². The Morgan fingerprint density at radius 3 is 2.74 bits per heavy atom. The second-order valence-corrected chi connectivity index (χ2v) is 5.26. The summed E-state index contributed by atoms with van der Waals surface area (Å²) in [5, 5.41) is 2.95. The monoisotopic (exact) mass is 262 g/mol.